The van der Waals surface area contributed by atoms with E-state index in [9.17, 15) is 34.8 Å². The molecule has 0 aliphatic heterocycles. The van der Waals surface area contributed by atoms with Gasteiger partial charge >= 0.3 is 5.97 Å². The number of nitrogens with two attached hydrogens (primary N) is 1. The maximum absolute atomic E-state index is 13.3. The first-order chi connectivity index (χ1) is 21.5. The molecule has 3 aromatic rings. The number of esters is 1. The van der Waals surface area contributed by atoms with Crippen LogP contribution in [0.25, 0.3) is 0 Å². The minimum Gasteiger partial charge on any atom is -0.452 e. The van der Waals surface area contributed by atoms with Gasteiger partial charge in [0.15, 0.2) is 12.2 Å². The Morgan fingerprint density at radius 2 is 1.22 bits per heavy atom. The molecule has 45 heavy (non-hydrogen) atoms. The van der Waals surface area contributed by atoms with Gasteiger partial charge in [0.25, 0.3) is 5.91 Å². The van der Waals surface area contributed by atoms with E-state index < -0.39 is 66.9 Å². The molecule has 6 atom stereocenters. The molecule has 0 spiro atoms. The highest BCUT2D eigenvalue weighted by Crippen LogP contribution is 2.28. The molecular weight excluding hydrogens is 578 g/mol. The van der Waals surface area contributed by atoms with Crippen LogP contribution in [0.3, 0.4) is 0 Å². The van der Waals surface area contributed by atoms with Gasteiger partial charge < -0.3 is 41.5 Å². The number of carbonyl (C=O) groups excluding carboxylic acids is 3. The van der Waals surface area contributed by atoms with Gasteiger partial charge in [-0.25, -0.2) is 0 Å². The number of nitrogens with one attached hydrogen (secondary N) is 2. The fraction of sp³-hybridized carbons (Fsp3) is 0.382. The quantitative estimate of drug-likeness (QED) is 0.116. The third-order valence-corrected chi connectivity index (χ3v) is 7.28. The molecule has 11 heteroatoms. The van der Waals surface area contributed by atoms with E-state index in [2.05, 4.69) is 10.6 Å². The van der Waals surface area contributed by atoms with Crippen molar-refractivity contribution in [2.75, 3.05) is 6.61 Å². The number of ether oxygens (including phenoxy) is 1. The predicted molar refractivity (Wildman–Crippen MR) is 167 cm³/mol. The average molecular weight is 622 g/mol. The number of rotatable bonds is 16. The second kappa shape index (κ2) is 17.4. The molecule has 6 unspecified atom stereocenters. The smallest absolute Gasteiger partial charge is 0.309 e. The Kier molecular flexibility index (Phi) is 13.7. The van der Waals surface area contributed by atoms with Gasteiger partial charge in [-0.05, 0) is 29.0 Å². The molecule has 0 aliphatic carbocycles. The van der Waals surface area contributed by atoms with Crippen molar-refractivity contribution in [3.8, 4) is 0 Å². The third-order valence-electron chi connectivity index (χ3n) is 7.28. The van der Waals surface area contributed by atoms with Crippen LogP contribution in [-0.4, -0.2) is 75.2 Å². The molecule has 0 heterocycles. The summed E-state index contributed by atoms with van der Waals surface area (Å²) in [7, 11) is 0. The van der Waals surface area contributed by atoms with Crippen molar-refractivity contribution in [3.63, 3.8) is 0 Å². The number of aliphatic hydroxyl groups is 4. The lowest BCUT2D eigenvalue weighted by Crippen LogP contribution is -2.58. The Bertz CT molecular complexity index is 1300. The zero-order chi connectivity index (χ0) is 32.9. The van der Waals surface area contributed by atoms with Gasteiger partial charge in [-0.3, -0.25) is 14.4 Å². The Morgan fingerprint density at radius 3 is 1.69 bits per heavy atom. The summed E-state index contributed by atoms with van der Waals surface area (Å²) in [6.45, 7) is 2.95. The van der Waals surface area contributed by atoms with Crippen LogP contribution in [0.4, 0.5) is 0 Å². The van der Waals surface area contributed by atoms with E-state index in [-0.39, 0.29) is 12.3 Å². The third kappa shape index (κ3) is 10.5. The molecule has 0 bridgehead atoms. The molecule has 3 rings (SSSR count). The van der Waals surface area contributed by atoms with Crippen LogP contribution in [0.5, 0.6) is 0 Å². The molecule has 0 fully saturated rings. The van der Waals surface area contributed by atoms with Gasteiger partial charge in [0.1, 0.15) is 12.2 Å². The Balaban J connectivity index is 1.73. The lowest BCUT2D eigenvalue weighted by atomic mass is 9.98. The van der Waals surface area contributed by atoms with E-state index in [1.54, 1.807) is 30.3 Å². The summed E-state index contributed by atoms with van der Waals surface area (Å²) in [6, 6.07) is 23.6. The van der Waals surface area contributed by atoms with Crippen molar-refractivity contribution >= 4 is 17.8 Å². The van der Waals surface area contributed by atoms with Crippen LogP contribution in [-0.2, 0) is 19.1 Å². The first-order valence-electron chi connectivity index (χ1n) is 14.9. The van der Waals surface area contributed by atoms with Crippen LogP contribution >= 0.6 is 0 Å². The summed E-state index contributed by atoms with van der Waals surface area (Å²) in [5.74, 6) is -2.29. The molecule has 242 valence electrons. The van der Waals surface area contributed by atoms with Crippen LogP contribution in [0, 0.1) is 5.92 Å². The van der Waals surface area contributed by atoms with E-state index in [0.29, 0.717) is 12.0 Å². The topological polar surface area (TPSA) is 191 Å². The van der Waals surface area contributed by atoms with E-state index in [4.69, 9.17) is 10.5 Å². The van der Waals surface area contributed by atoms with Gasteiger partial charge in [0.2, 0.25) is 5.91 Å². The van der Waals surface area contributed by atoms with Crippen molar-refractivity contribution in [2.45, 2.75) is 69.2 Å². The Hall–Kier alpha value is -4.13. The van der Waals surface area contributed by atoms with E-state index in [1.165, 1.54) is 0 Å². The van der Waals surface area contributed by atoms with Crippen molar-refractivity contribution in [1.82, 2.24) is 10.6 Å². The highest BCUT2D eigenvalue weighted by atomic mass is 16.5. The van der Waals surface area contributed by atoms with E-state index in [1.807, 2.05) is 74.5 Å². The van der Waals surface area contributed by atoms with Crippen LogP contribution in [0.2, 0.25) is 0 Å². The van der Waals surface area contributed by atoms with Crippen molar-refractivity contribution in [3.05, 3.63) is 108 Å². The van der Waals surface area contributed by atoms with Crippen LogP contribution in [0.1, 0.15) is 55.5 Å². The summed E-state index contributed by atoms with van der Waals surface area (Å²) >= 11 is 0. The maximum atomic E-state index is 13.3. The summed E-state index contributed by atoms with van der Waals surface area (Å²) in [5, 5.41) is 46.6. The number of hydrogen-bond acceptors (Lipinski definition) is 9. The summed E-state index contributed by atoms with van der Waals surface area (Å²) in [4.78, 5) is 38.9. The normalized spacial score (nSPS) is 15.4. The molecule has 0 aliphatic rings. The number of aliphatic hydroxyl groups excluding tert-OH is 4. The van der Waals surface area contributed by atoms with Crippen LogP contribution < -0.4 is 16.4 Å². The van der Waals surface area contributed by atoms with Crippen molar-refractivity contribution < 1.29 is 39.5 Å². The first kappa shape index (κ1) is 35.4. The Labute approximate surface area is 263 Å². The molecule has 3 aromatic carbocycles. The molecular formula is C34H43N3O8. The number of benzene rings is 3. The fourth-order valence-electron chi connectivity index (χ4n) is 4.85. The number of carbonyl (C=O) groups is 3. The lowest BCUT2D eigenvalue weighted by molar-refractivity contribution is -0.149. The lowest BCUT2D eigenvalue weighted by Gasteiger charge is -2.30. The highest BCUT2D eigenvalue weighted by Gasteiger charge is 2.37. The summed E-state index contributed by atoms with van der Waals surface area (Å²) < 4.78 is 5.91. The SMILES string of the molecule is CC(C)CC(N)C(=O)NC(CO)C(O)C(O)C(O)C(=O)NC(CC(=O)OC(c1ccccc1)c1ccccc1)c1ccccc1. The molecule has 11 nitrogen and oxygen atoms in total. The molecule has 0 radical (unpaired) electrons. The van der Waals surface area contributed by atoms with Crippen LogP contribution in [0.15, 0.2) is 91.0 Å². The summed E-state index contributed by atoms with van der Waals surface area (Å²) in [6.07, 6.45) is -6.90. The maximum Gasteiger partial charge on any atom is 0.309 e. The molecule has 0 saturated carbocycles. The van der Waals surface area contributed by atoms with E-state index in [0.717, 1.165) is 11.1 Å². The van der Waals surface area contributed by atoms with E-state index >= 15 is 0 Å². The van der Waals surface area contributed by atoms with Gasteiger partial charge in [-0.15, -0.1) is 0 Å². The Morgan fingerprint density at radius 1 is 0.733 bits per heavy atom. The second-order valence-corrected chi connectivity index (χ2v) is 11.3. The van der Waals surface area contributed by atoms with Gasteiger partial charge in [0, 0.05) is 0 Å². The first-order valence-corrected chi connectivity index (χ1v) is 14.9. The number of amides is 2. The largest absolute Gasteiger partial charge is 0.452 e. The second-order valence-electron chi connectivity index (χ2n) is 11.3. The molecule has 0 aromatic heterocycles. The van der Waals surface area contributed by atoms with Crippen molar-refractivity contribution in [1.29, 1.82) is 0 Å². The summed E-state index contributed by atoms with van der Waals surface area (Å²) in [5.41, 5.74) is 7.89. The fourth-order valence-corrected chi connectivity index (χ4v) is 4.85. The number of hydrogen-bond donors (Lipinski definition) is 7. The van der Waals surface area contributed by atoms with Gasteiger partial charge in [-0.1, -0.05) is 105 Å². The molecule has 2 amide bonds. The monoisotopic (exact) mass is 621 g/mol. The molecule has 8 N–H and O–H groups in total. The standard InChI is InChI=1S/C34H43N3O8/c1-21(2)18-25(35)33(43)37-27(20-38)29(40)30(41)31(42)34(44)36-26(22-12-6-3-7-13-22)19-28(39)45-32(23-14-8-4-9-15-23)24-16-10-5-11-17-24/h3-17,21,25-27,29-32,38,40-42H,18-20,35H2,1-2H3,(H,36,44)(H,37,43). The van der Waals surface area contributed by atoms with Crippen molar-refractivity contribution in [2.24, 2.45) is 11.7 Å². The highest BCUT2D eigenvalue weighted by molar-refractivity contribution is 5.83. The minimum atomic E-state index is -2.18. The minimum absolute atomic E-state index is 0.108. The predicted octanol–water partition coefficient (Wildman–Crippen LogP) is 1.50. The zero-order valence-electron chi connectivity index (χ0n) is 25.4. The average Bonchev–Trinajstić information content (AvgIpc) is 3.05. The van der Waals surface area contributed by atoms with Gasteiger partial charge in [-0.2, -0.15) is 0 Å². The zero-order valence-corrected chi connectivity index (χ0v) is 25.4. The molecule has 0 saturated heterocycles. The van der Waals surface area contributed by atoms with Gasteiger partial charge in [0.05, 0.1) is 31.2 Å².